The van der Waals surface area contributed by atoms with E-state index >= 15 is 0 Å². The summed E-state index contributed by atoms with van der Waals surface area (Å²) >= 11 is 0. The molecule has 1 amide bonds. The number of carboxylic acids is 1. The smallest absolute Gasteiger partial charge is 0.352 e. The third kappa shape index (κ3) is 2.53. The van der Waals surface area contributed by atoms with Crippen LogP contribution in [0.5, 0.6) is 0 Å². The molecule has 0 saturated carbocycles. The first-order chi connectivity index (χ1) is 8.58. The van der Waals surface area contributed by atoms with Gasteiger partial charge in [-0.25, -0.2) is 14.2 Å². The van der Waals surface area contributed by atoms with E-state index in [1.54, 1.807) is 12.1 Å². The van der Waals surface area contributed by atoms with Crippen LogP contribution in [0, 0.1) is 5.82 Å². The van der Waals surface area contributed by atoms with Gasteiger partial charge in [0.1, 0.15) is 11.5 Å². The summed E-state index contributed by atoms with van der Waals surface area (Å²) in [4.78, 5) is 22.4. The molecule has 1 heterocycles. The van der Waals surface area contributed by atoms with Crippen LogP contribution in [0.1, 0.15) is 18.4 Å². The number of carboxylic acid groups (broad SMARTS) is 1. The van der Waals surface area contributed by atoms with Gasteiger partial charge in [0.15, 0.2) is 0 Å². The zero-order valence-corrected chi connectivity index (χ0v) is 9.47. The minimum Gasteiger partial charge on any atom is -0.477 e. The molecule has 1 aromatic rings. The number of carbonyl (C=O) groups excluding carboxylic acids is 1. The molecule has 0 aromatic heterocycles. The Morgan fingerprint density at radius 3 is 2.78 bits per heavy atom. The van der Waals surface area contributed by atoms with Crippen LogP contribution in [0.25, 0.3) is 0 Å². The summed E-state index contributed by atoms with van der Waals surface area (Å²) < 4.78 is 13.4. The lowest BCUT2D eigenvalue weighted by Gasteiger charge is -2.22. The van der Waals surface area contributed by atoms with Crippen molar-refractivity contribution in [3.05, 3.63) is 35.6 Å². The lowest BCUT2D eigenvalue weighted by Crippen LogP contribution is -2.34. The van der Waals surface area contributed by atoms with Crippen LogP contribution in [0.2, 0.25) is 0 Å². The summed E-state index contributed by atoms with van der Waals surface area (Å²) in [5.74, 6) is -1.90. The van der Waals surface area contributed by atoms with Crippen molar-refractivity contribution in [1.82, 2.24) is 5.01 Å². The minimum atomic E-state index is -1.15. The first kappa shape index (κ1) is 12.2. The molecule has 1 N–H and O–H groups in total. The number of amides is 1. The molecule has 1 aliphatic rings. The van der Waals surface area contributed by atoms with Crippen LogP contribution in [0.3, 0.4) is 0 Å². The van der Waals surface area contributed by atoms with Gasteiger partial charge < -0.3 is 5.11 Å². The summed E-state index contributed by atoms with van der Waals surface area (Å²) in [6.07, 6.45) is 0.196. The van der Waals surface area contributed by atoms with Gasteiger partial charge >= 0.3 is 5.97 Å². The first-order valence-electron chi connectivity index (χ1n) is 5.42. The molecule has 1 aliphatic heterocycles. The SMILES string of the molecule is O=C(O)C1=NN(Cc2ccccc2F)C(=O)CC1. The second-order valence-electron chi connectivity index (χ2n) is 3.89. The van der Waals surface area contributed by atoms with Crippen molar-refractivity contribution in [2.45, 2.75) is 19.4 Å². The molecule has 0 aliphatic carbocycles. The van der Waals surface area contributed by atoms with Crippen LogP contribution in [-0.4, -0.2) is 27.7 Å². The predicted molar refractivity (Wildman–Crippen MR) is 61.3 cm³/mol. The fourth-order valence-corrected chi connectivity index (χ4v) is 1.67. The third-order valence-corrected chi connectivity index (χ3v) is 2.63. The quantitative estimate of drug-likeness (QED) is 0.881. The molecule has 0 bridgehead atoms. The van der Waals surface area contributed by atoms with Crippen molar-refractivity contribution < 1.29 is 19.1 Å². The van der Waals surface area contributed by atoms with E-state index in [0.29, 0.717) is 5.56 Å². The Morgan fingerprint density at radius 2 is 2.11 bits per heavy atom. The van der Waals surface area contributed by atoms with Gasteiger partial charge in [-0.1, -0.05) is 18.2 Å². The van der Waals surface area contributed by atoms with E-state index in [1.165, 1.54) is 12.1 Å². The lowest BCUT2D eigenvalue weighted by molar-refractivity contribution is -0.133. The van der Waals surface area contributed by atoms with Crippen molar-refractivity contribution in [2.24, 2.45) is 5.10 Å². The third-order valence-electron chi connectivity index (χ3n) is 2.63. The summed E-state index contributed by atoms with van der Waals surface area (Å²) in [6, 6.07) is 6.01. The van der Waals surface area contributed by atoms with Gasteiger partial charge in [0.25, 0.3) is 0 Å². The number of hydrogen-bond acceptors (Lipinski definition) is 3. The van der Waals surface area contributed by atoms with Crippen molar-refractivity contribution in [3.63, 3.8) is 0 Å². The summed E-state index contributed by atoms with van der Waals surface area (Å²) in [6.45, 7) is -0.0533. The van der Waals surface area contributed by atoms with Gasteiger partial charge in [0.05, 0.1) is 6.54 Å². The monoisotopic (exact) mass is 250 g/mol. The Labute approximate surface area is 103 Å². The van der Waals surface area contributed by atoms with Crippen molar-refractivity contribution >= 4 is 17.6 Å². The molecule has 6 heteroatoms. The molecule has 0 saturated heterocycles. The van der Waals surface area contributed by atoms with Crippen LogP contribution in [-0.2, 0) is 16.1 Å². The maximum atomic E-state index is 13.4. The average Bonchev–Trinajstić information content (AvgIpc) is 2.34. The number of rotatable bonds is 3. The molecule has 0 fully saturated rings. The van der Waals surface area contributed by atoms with Gasteiger partial charge in [0, 0.05) is 18.4 Å². The standard InChI is InChI=1S/C12H11FN2O3/c13-9-4-2-1-3-8(9)7-15-11(16)6-5-10(14-15)12(17)18/h1-4H,5-7H2,(H,17,18). The van der Waals surface area contributed by atoms with Gasteiger partial charge in [-0.05, 0) is 6.07 Å². The molecule has 0 unspecified atom stereocenters. The van der Waals surface area contributed by atoms with Crippen LogP contribution >= 0.6 is 0 Å². The van der Waals surface area contributed by atoms with Crippen molar-refractivity contribution in [3.8, 4) is 0 Å². The zero-order valence-electron chi connectivity index (χ0n) is 9.47. The first-order valence-corrected chi connectivity index (χ1v) is 5.42. The molecule has 0 atom stereocenters. The molecular weight excluding hydrogens is 239 g/mol. The molecule has 5 nitrogen and oxygen atoms in total. The average molecular weight is 250 g/mol. The van der Waals surface area contributed by atoms with Gasteiger partial charge in [0.2, 0.25) is 5.91 Å². The highest BCUT2D eigenvalue weighted by Crippen LogP contribution is 2.15. The molecule has 94 valence electrons. The number of benzene rings is 1. The number of nitrogens with zero attached hydrogens (tertiary/aromatic N) is 2. The van der Waals surface area contributed by atoms with Gasteiger partial charge in [-0.2, -0.15) is 5.10 Å². The van der Waals surface area contributed by atoms with Gasteiger partial charge in [-0.15, -0.1) is 0 Å². The minimum absolute atomic E-state index is 0.0533. The Balaban J connectivity index is 2.22. The Kier molecular flexibility index (Phi) is 3.36. The van der Waals surface area contributed by atoms with Crippen LogP contribution in [0.4, 0.5) is 4.39 Å². The van der Waals surface area contributed by atoms with Crippen LogP contribution in [0.15, 0.2) is 29.4 Å². The number of carbonyl (C=O) groups is 2. The molecule has 0 radical (unpaired) electrons. The molecule has 18 heavy (non-hydrogen) atoms. The number of aliphatic carboxylic acids is 1. The summed E-state index contributed by atoms with van der Waals surface area (Å²) in [5, 5.41) is 13.6. The van der Waals surface area contributed by atoms with E-state index in [9.17, 15) is 14.0 Å². The molecule has 1 aromatic carbocycles. The molecular formula is C12H11FN2O3. The topological polar surface area (TPSA) is 70.0 Å². The summed E-state index contributed by atoms with van der Waals surface area (Å²) in [7, 11) is 0. The van der Waals surface area contributed by atoms with E-state index in [1.807, 2.05) is 0 Å². The number of halogens is 1. The highest BCUT2D eigenvalue weighted by molar-refractivity contribution is 6.36. The Bertz CT molecular complexity index is 528. The van der Waals surface area contributed by atoms with Crippen molar-refractivity contribution in [1.29, 1.82) is 0 Å². The maximum Gasteiger partial charge on any atom is 0.352 e. The lowest BCUT2D eigenvalue weighted by atomic mass is 10.1. The highest BCUT2D eigenvalue weighted by Gasteiger charge is 2.24. The van der Waals surface area contributed by atoms with E-state index in [2.05, 4.69) is 5.10 Å². The van der Waals surface area contributed by atoms with Gasteiger partial charge in [-0.3, -0.25) is 4.79 Å². The normalized spacial score (nSPS) is 15.5. The Morgan fingerprint density at radius 1 is 1.39 bits per heavy atom. The predicted octanol–water partition coefficient (Wildman–Crippen LogP) is 1.39. The zero-order chi connectivity index (χ0) is 13.1. The second kappa shape index (κ2) is 4.95. The van der Waals surface area contributed by atoms with E-state index < -0.39 is 11.8 Å². The number of hydrazone groups is 1. The second-order valence-corrected chi connectivity index (χ2v) is 3.89. The van der Waals surface area contributed by atoms with E-state index in [0.717, 1.165) is 5.01 Å². The maximum absolute atomic E-state index is 13.4. The Hall–Kier alpha value is -2.24. The number of hydrogen-bond donors (Lipinski definition) is 1. The molecule has 2 rings (SSSR count). The van der Waals surface area contributed by atoms with E-state index in [-0.39, 0.29) is 31.0 Å². The van der Waals surface area contributed by atoms with E-state index in [4.69, 9.17) is 5.11 Å². The van der Waals surface area contributed by atoms with Crippen molar-refractivity contribution in [2.75, 3.05) is 0 Å². The summed E-state index contributed by atoms with van der Waals surface area (Å²) in [5.41, 5.74) is 0.229. The van der Waals surface area contributed by atoms with Crippen LogP contribution < -0.4 is 0 Å². The highest BCUT2D eigenvalue weighted by atomic mass is 19.1. The largest absolute Gasteiger partial charge is 0.477 e. The molecule has 0 spiro atoms. The fourth-order valence-electron chi connectivity index (χ4n) is 1.67. The fraction of sp³-hybridized carbons (Fsp3) is 0.250.